The molecule has 2 aromatic carbocycles. The predicted molar refractivity (Wildman–Crippen MR) is 136 cm³/mol. The molecule has 0 fully saturated rings. The molecule has 1 aliphatic rings. The third-order valence-corrected chi connectivity index (χ3v) is 6.90. The second-order valence-corrected chi connectivity index (χ2v) is 9.37. The highest BCUT2D eigenvalue weighted by Crippen LogP contribution is 2.30. The van der Waals surface area contributed by atoms with Gasteiger partial charge in [-0.2, -0.15) is 0 Å². The van der Waals surface area contributed by atoms with E-state index in [9.17, 15) is 9.59 Å². The zero-order valence-corrected chi connectivity index (χ0v) is 20.6. The van der Waals surface area contributed by atoms with Gasteiger partial charge in [-0.1, -0.05) is 53.3 Å². The molecule has 35 heavy (non-hydrogen) atoms. The normalized spacial score (nSPS) is 15.6. The molecule has 0 amide bonds. The Morgan fingerprint density at radius 3 is 2.60 bits per heavy atom. The van der Waals surface area contributed by atoms with E-state index in [1.807, 2.05) is 54.6 Å². The smallest absolute Gasteiger partial charge is 0.338 e. The zero-order chi connectivity index (χ0) is 24.5. The molecule has 0 aliphatic carbocycles. The molecule has 0 N–H and O–H groups in total. The molecule has 176 valence electrons. The van der Waals surface area contributed by atoms with Crippen molar-refractivity contribution in [1.29, 1.82) is 0 Å². The Balaban J connectivity index is 1.62. The number of halogens is 1. The van der Waals surface area contributed by atoms with Gasteiger partial charge in [0.15, 0.2) is 4.80 Å². The van der Waals surface area contributed by atoms with Gasteiger partial charge < -0.3 is 9.15 Å². The number of carbonyl (C=O) groups is 1. The van der Waals surface area contributed by atoms with Gasteiger partial charge in [-0.25, -0.2) is 9.79 Å². The molecular formula is C27H21ClN2O4S. The first-order chi connectivity index (χ1) is 17.0. The fourth-order valence-electron chi connectivity index (χ4n) is 4.07. The molecule has 0 radical (unpaired) electrons. The monoisotopic (exact) mass is 504 g/mol. The summed E-state index contributed by atoms with van der Waals surface area (Å²) >= 11 is 7.24. The summed E-state index contributed by atoms with van der Waals surface area (Å²) in [5, 5.41) is 0.645. The Bertz CT molecular complexity index is 1610. The van der Waals surface area contributed by atoms with E-state index in [1.54, 1.807) is 36.6 Å². The number of allylic oxidation sites excluding steroid dienone is 1. The minimum Gasteiger partial charge on any atom is -0.463 e. The van der Waals surface area contributed by atoms with Crippen LogP contribution in [0.5, 0.6) is 0 Å². The van der Waals surface area contributed by atoms with Gasteiger partial charge >= 0.3 is 5.97 Å². The quantitative estimate of drug-likeness (QED) is 0.369. The molecule has 1 unspecified atom stereocenters. The lowest BCUT2D eigenvalue weighted by Crippen LogP contribution is -2.39. The van der Waals surface area contributed by atoms with Crippen molar-refractivity contribution in [3.05, 3.63) is 114 Å². The van der Waals surface area contributed by atoms with Crippen LogP contribution in [0.15, 0.2) is 92.2 Å². The van der Waals surface area contributed by atoms with Crippen molar-refractivity contribution in [2.75, 3.05) is 6.61 Å². The van der Waals surface area contributed by atoms with Crippen LogP contribution < -0.4 is 14.9 Å². The van der Waals surface area contributed by atoms with Crippen LogP contribution in [0.2, 0.25) is 5.02 Å². The number of esters is 1. The highest BCUT2D eigenvalue weighted by Gasteiger charge is 2.33. The number of hydrogen-bond donors (Lipinski definition) is 0. The number of rotatable bonds is 5. The minimum atomic E-state index is -0.630. The second kappa shape index (κ2) is 9.52. The molecule has 0 saturated heterocycles. The lowest BCUT2D eigenvalue weighted by Gasteiger charge is -2.24. The Labute approximate surface area is 210 Å². The maximum atomic E-state index is 13.6. The van der Waals surface area contributed by atoms with Crippen LogP contribution in [0.4, 0.5) is 0 Å². The van der Waals surface area contributed by atoms with Gasteiger partial charge in [0.25, 0.3) is 5.56 Å². The summed E-state index contributed by atoms with van der Waals surface area (Å²) in [6, 6.07) is 19.8. The number of furan rings is 1. The largest absolute Gasteiger partial charge is 0.463 e. The van der Waals surface area contributed by atoms with Crippen molar-refractivity contribution >= 4 is 35.0 Å². The standard InChI is InChI=1S/C27H21ClN2O4S/c1-3-33-26(32)23-16(2)29-27-30(24(23)18-7-5-4-6-8-18)25(31)22(35-27)15-20-13-14-21(34-20)17-9-11-19(28)12-10-17/h4-15,24H,3H2,1-2H3/b22-15+. The van der Waals surface area contributed by atoms with Crippen LogP contribution in [0.25, 0.3) is 17.4 Å². The van der Waals surface area contributed by atoms with Crippen LogP contribution in [0, 0.1) is 0 Å². The highest BCUT2D eigenvalue weighted by molar-refractivity contribution is 7.07. The molecular weight excluding hydrogens is 484 g/mol. The van der Waals surface area contributed by atoms with E-state index in [2.05, 4.69) is 4.99 Å². The molecule has 8 heteroatoms. The minimum absolute atomic E-state index is 0.232. The molecule has 1 atom stereocenters. The maximum Gasteiger partial charge on any atom is 0.338 e. The van der Waals surface area contributed by atoms with Crippen molar-refractivity contribution in [1.82, 2.24) is 4.57 Å². The van der Waals surface area contributed by atoms with Gasteiger partial charge in [-0.05, 0) is 55.8 Å². The van der Waals surface area contributed by atoms with Crippen LogP contribution in [-0.4, -0.2) is 17.1 Å². The summed E-state index contributed by atoms with van der Waals surface area (Å²) in [7, 11) is 0. The number of aromatic nitrogens is 1. The Kier molecular flexibility index (Phi) is 6.28. The van der Waals surface area contributed by atoms with E-state index in [0.717, 1.165) is 11.1 Å². The molecule has 0 spiro atoms. The number of hydrogen-bond acceptors (Lipinski definition) is 6. The number of nitrogens with zero attached hydrogens (tertiary/aromatic N) is 2. The summed E-state index contributed by atoms with van der Waals surface area (Å²) in [5.41, 5.74) is 2.34. The average Bonchev–Trinajstić information content (AvgIpc) is 3.44. The van der Waals surface area contributed by atoms with Crippen LogP contribution in [0.1, 0.15) is 31.2 Å². The van der Waals surface area contributed by atoms with E-state index in [1.165, 1.54) is 11.3 Å². The van der Waals surface area contributed by atoms with Gasteiger partial charge in [0.05, 0.1) is 28.5 Å². The first-order valence-corrected chi connectivity index (χ1v) is 12.3. The average molecular weight is 505 g/mol. The topological polar surface area (TPSA) is 73.8 Å². The van der Waals surface area contributed by atoms with E-state index in [-0.39, 0.29) is 12.2 Å². The van der Waals surface area contributed by atoms with Gasteiger partial charge in [-0.3, -0.25) is 9.36 Å². The van der Waals surface area contributed by atoms with Gasteiger partial charge in [0.2, 0.25) is 0 Å². The van der Waals surface area contributed by atoms with Crippen molar-refractivity contribution < 1.29 is 13.9 Å². The third kappa shape index (κ3) is 4.40. The fraction of sp³-hybridized carbons (Fsp3) is 0.148. The summed E-state index contributed by atoms with van der Waals surface area (Å²) < 4.78 is 13.3. The Hall–Kier alpha value is -3.68. The van der Waals surface area contributed by atoms with Crippen LogP contribution in [-0.2, 0) is 9.53 Å². The number of carbonyl (C=O) groups excluding carboxylic acids is 1. The zero-order valence-electron chi connectivity index (χ0n) is 19.0. The highest BCUT2D eigenvalue weighted by atomic mass is 35.5. The van der Waals surface area contributed by atoms with Crippen molar-refractivity contribution in [3.63, 3.8) is 0 Å². The third-order valence-electron chi connectivity index (χ3n) is 5.66. The molecule has 0 bridgehead atoms. The van der Waals surface area contributed by atoms with E-state index in [4.69, 9.17) is 20.8 Å². The molecule has 2 aromatic heterocycles. The lowest BCUT2D eigenvalue weighted by atomic mass is 9.96. The van der Waals surface area contributed by atoms with Crippen LogP contribution in [0.3, 0.4) is 0 Å². The van der Waals surface area contributed by atoms with Crippen molar-refractivity contribution in [2.45, 2.75) is 19.9 Å². The lowest BCUT2D eigenvalue weighted by molar-refractivity contribution is -0.139. The van der Waals surface area contributed by atoms with Gasteiger partial charge in [0.1, 0.15) is 11.5 Å². The SMILES string of the molecule is CCOC(=O)C1=C(C)N=c2s/c(=C/c3ccc(-c4ccc(Cl)cc4)o3)c(=O)n2C1c1ccccc1. The molecule has 0 saturated carbocycles. The van der Waals surface area contributed by atoms with Crippen molar-refractivity contribution in [2.24, 2.45) is 4.99 Å². The molecule has 4 aromatic rings. The first-order valence-electron chi connectivity index (χ1n) is 11.1. The van der Waals surface area contributed by atoms with E-state index >= 15 is 0 Å². The van der Waals surface area contributed by atoms with E-state index in [0.29, 0.717) is 37.1 Å². The number of thiazole rings is 1. The van der Waals surface area contributed by atoms with E-state index < -0.39 is 12.0 Å². The summed E-state index contributed by atoms with van der Waals surface area (Å²) in [5.74, 6) is 0.733. The number of ether oxygens (including phenoxy) is 1. The number of benzene rings is 2. The van der Waals surface area contributed by atoms with Gasteiger partial charge in [0, 0.05) is 16.7 Å². The van der Waals surface area contributed by atoms with Crippen molar-refractivity contribution in [3.8, 4) is 11.3 Å². The predicted octanol–water partition coefficient (Wildman–Crippen LogP) is 4.71. The first kappa shape index (κ1) is 23.1. The second-order valence-electron chi connectivity index (χ2n) is 7.92. The van der Waals surface area contributed by atoms with Gasteiger partial charge in [-0.15, -0.1) is 0 Å². The summed E-state index contributed by atoms with van der Waals surface area (Å²) in [6.45, 7) is 3.75. The number of fused-ring (bicyclic) bond motifs is 1. The summed E-state index contributed by atoms with van der Waals surface area (Å²) in [6.07, 6.45) is 1.70. The Morgan fingerprint density at radius 2 is 1.89 bits per heavy atom. The molecule has 3 heterocycles. The fourth-order valence-corrected chi connectivity index (χ4v) is 5.22. The molecule has 1 aliphatic heterocycles. The summed E-state index contributed by atoms with van der Waals surface area (Å²) in [4.78, 5) is 31.6. The van der Waals surface area contributed by atoms with Crippen LogP contribution >= 0.6 is 22.9 Å². The molecule has 6 nitrogen and oxygen atoms in total. The maximum absolute atomic E-state index is 13.6. The Morgan fingerprint density at radius 1 is 1.14 bits per heavy atom. The molecule has 5 rings (SSSR count).